The first-order chi connectivity index (χ1) is 16.3. The van der Waals surface area contributed by atoms with Gasteiger partial charge in [-0.25, -0.2) is 9.79 Å². The van der Waals surface area contributed by atoms with E-state index < -0.39 is 5.60 Å². The van der Waals surface area contributed by atoms with E-state index >= 15 is 0 Å². The molecule has 0 aliphatic carbocycles. The third-order valence-electron chi connectivity index (χ3n) is 5.71. The quantitative estimate of drug-likeness (QED) is 0.413. The first kappa shape index (κ1) is 27.7. The number of rotatable bonds is 4. The van der Waals surface area contributed by atoms with Crippen LogP contribution >= 0.6 is 35.2 Å². The lowest BCUT2D eigenvalue weighted by molar-refractivity contribution is 0.00771. The van der Waals surface area contributed by atoms with Crippen LogP contribution in [0.2, 0.25) is 5.02 Å². The topological polar surface area (TPSA) is 56.1 Å². The predicted octanol–water partition coefficient (Wildman–Crippen LogP) is 6.58. The molecule has 1 aliphatic heterocycles. The van der Waals surface area contributed by atoms with Crippen molar-refractivity contribution in [2.24, 2.45) is 4.99 Å². The lowest BCUT2D eigenvalue weighted by Gasteiger charge is -2.37. The summed E-state index contributed by atoms with van der Waals surface area (Å²) in [6.07, 6.45) is 4.85. The second-order valence-electron chi connectivity index (χ2n) is 10.9. The molecule has 6 nitrogen and oxygen atoms in total. The Morgan fingerprint density at radius 1 is 1.23 bits per heavy atom. The van der Waals surface area contributed by atoms with Gasteiger partial charge in [-0.15, -0.1) is 11.3 Å². The number of nitrogens with zero attached hydrogens (tertiary/aromatic N) is 3. The number of hydrogen-bond donors (Lipinski definition) is 0. The molecule has 1 amide bonds. The smallest absolute Gasteiger partial charge is 0.410 e. The minimum atomic E-state index is -0.531. The van der Waals surface area contributed by atoms with Crippen molar-refractivity contribution in [3.8, 4) is 5.75 Å². The molecule has 3 rings (SSSR count). The van der Waals surface area contributed by atoms with Crippen molar-refractivity contribution < 1.29 is 14.3 Å². The number of ether oxygens (including phenoxy) is 2. The summed E-state index contributed by atoms with van der Waals surface area (Å²) in [5.74, 6) is 0.630. The highest BCUT2D eigenvalue weighted by molar-refractivity contribution is 7.80. The number of benzene rings is 1. The van der Waals surface area contributed by atoms with Gasteiger partial charge in [-0.05, 0) is 63.6 Å². The van der Waals surface area contributed by atoms with Gasteiger partial charge in [0.25, 0.3) is 0 Å². The monoisotopic (exact) mass is 537 g/mol. The Hall–Kier alpha value is -1.90. The van der Waals surface area contributed by atoms with Gasteiger partial charge in [-0.3, -0.25) is 0 Å². The van der Waals surface area contributed by atoms with E-state index in [9.17, 15) is 4.79 Å². The number of carbonyl (C=O) groups is 1. The molecule has 0 spiro atoms. The minimum absolute atomic E-state index is 0.0224. The molecule has 9 heteroatoms. The van der Waals surface area contributed by atoms with Crippen molar-refractivity contribution in [1.29, 1.82) is 0 Å². The molecule has 1 aromatic carbocycles. The molecular weight excluding hydrogens is 502 g/mol. The fourth-order valence-corrected chi connectivity index (χ4v) is 5.46. The maximum Gasteiger partial charge on any atom is 0.410 e. The van der Waals surface area contributed by atoms with E-state index in [1.54, 1.807) is 36.6 Å². The van der Waals surface area contributed by atoms with Gasteiger partial charge in [0.15, 0.2) is 4.80 Å². The van der Waals surface area contributed by atoms with Gasteiger partial charge in [-0.2, -0.15) is 0 Å². The lowest BCUT2D eigenvalue weighted by atomic mass is 9.95. The van der Waals surface area contributed by atoms with Crippen LogP contribution < -0.4 is 9.54 Å². The van der Waals surface area contributed by atoms with Gasteiger partial charge in [-0.1, -0.05) is 44.6 Å². The van der Waals surface area contributed by atoms with Crippen LogP contribution in [-0.2, 0) is 16.7 Å². The Morgan fingerprint density at radius 2 is 1.94 bits per heavy atom. The van der Waals surface area contributed by atoms with Gasteiger partial charge in [0.05, 0.1) is 18.7 Å². The van der Waals surface area contributed by atoms with Crippen LogP contribution in [0.3, 0.4) is 0 Å². The van der Waals surface area contributed by atoms with E-state index in [1.807, 2.05) is 25.7 Å². The second kappa shape index (κ2) is 11.0. The zero-order chi connectivity index (χ0) is 26.0. The van der Waals surface area contributed by atoms with E-state index in [4.69, 9.17) is 38.3 Å². The van der Waals surface area contributed by atoms with Crippen LogP contribution in [-0.4, -0.2) is 45.8 Å². The number of carbonyl (C=O) groups excluding carboxylic acids is 1. The highest BCUT2D eigenvalue weighted by Crippen LogP contribution is 2.27. The number of methoxy groups -OCH3 is 1. The minimum Gasteiger partial charge on any atom is -0.496 e. The van der Waals surface area contributed by atoms with Crippen LogP contribution in [0.15, 0.2) is 29.4 Å². The molecule has 2 heterocycles. The second-order valence-corrected chi connectivity index (χ2v) is 12.7. The number of aromatic nitrogens is 1. The summed E-state index contributed by atoms with van der Waals surface area (Å²) in [4.78, 5) is 22.1. The van der Waals surface area contributed by atoms with Crippen LogP contribution in [0.25, 0.3) is 0 Å². The number of thiazole rings is 1. The summed E-state index contributed by atoms with van der Waals surface area (Å²) in [5, 5.41) is 0.572. The average molecular weight is 538 g/mol. The van der Waals surface area contributed by atoms with Gasteiger partial charge in [0.2, 0.25) is 0 Å². The molecule has 1 fully saturated rings. The van der Waals surface area contributed by atoms with E-state index in [-0.39, 0.29) is 17.6 Å². The van der Waals surface area contributed by atoms with E-state index in [1.165, 1.54) is 4.88 Å². The Morgan fingerprint density at radius 3 is 2.57 bits per heavy atom. The molecule has 1 aliphatic rings. The highest BCUT2D eigenvalue weighted by Gasteiger charge is 2.31. The van der Waals surface area contributed by atoms with Crippen molar-refractivity contribution in [2.45, 2.75) is 84.4 Å². The molecular formula is C26H36ClN3O3S2. The van der Waals surface area contributed by atoms with E-state index in [0.717, 1.165) is 24.1 Å². The maximum atomic E-state index is 13.0. The number of halogens is 1. The Kier molecular flexibility index (Phi) is 8.71. The normalized spacial score (nSPS) is 17.4. The van der Waals surface area contributed by atoms with Crippen LogP contribution in [0.5, 0.6) is 5.75 Å². The van der Waals surface area contributed by atoms with Crippen LogP contribution in [0.4, 0.5) is 4.79 Å². The van der Waals surface area contributed by atoms with Gasteiger partial charge < -0.3 is 18.9 Å². The molecule has 1 unspecified atom stereocenters. The fraction of sp³-hybridized carbons (Fsp3) is 0.577. The molecule has 0 N–H and O–H groups in total. The summed E-state index contributed by atoms with van der Waals surface area (Å²) in [6.45, 7) is 13.6. The Labute approximate surface area is 222 Å². The highest BCUT2D eigenvalue weighted by atomic mass is 35.5. The Bertz CT molecular complexity index is 1140. The lowest BCUT2D eigenvalue weighted by Crippen LogP contribution is -2.48. The third-order valence-corrected chi connectivity index (χ3v) is 7.70. The van der Waals surface area contributed by atoms with E-state index in [2.05, 4.69) is 31.5 Å². The molecule has 0 radical (unpaired) electrons. The first-order valence-electron chi connectivity index (χ1n) is 11.9. The summed E-state index contributed by atoms with van der Waals surface area (Å²) < 4.78 is 13.3. The first-order valence-corrected chi connectivity index (χ1v) is 13.5. The van der Waals surface area contributed by atoms with Crippen LogP contribution in [0, 0.1) is 0 Å². The standard InChI is InChI=1S/C26H36ClN3O3S2/c1-25(2,3)21-16-29(15-18-10-8-9-13-30(18)24(31)33-26(4,5)6)23(35-21)28-22(34)19-14-17(27)11-12-20(19)32-7/h11-12,14,16,18H,8-10,13,15H2,1-7H3/b28-23-. The molecule has 0 bridgehead atoms. The summed E-state index contributed by atoms with van der Waals surface area (Å²) in [7, 11) is 1.60. The molecule has 1 atom stereocenters. The number of thiocarbonyl (C=S) groups is 1. The molecule has 1 aromatic heterocycles. The largest absolute Gasteiger partial charge is 0.496 e. The van der Waals surface area contributed by atoms with Crippen molar-refractivity contribution >= 4 is 46.2 Å². The van der Waals surface area contributed by atoms with Gasteiger partial charge >= 0.3 is 6.09 Å². The Balaban J connectivity index is 1.99. The maximum absolute atomic E-state index is 13.0. The van der Waals surface area contributed by atoms with Crippen molar-refractivity contribution in [3.05, 3.63) is 44.7 Å². The van der Waals surface area contributed by atoms with Crippen LogP contribution in [0.1, 0.15) is 71.2 Å². The zero-order valence-electron chi connectivity index (χ0n) is 21.7. The number of amides is 1. The summed E-state index contributed by atoms with van der Waals surface area (Å²) in [5.41, 5.74) is 0.101. The van der Waals surface area contributed by atoms with Gasteiger partial charge in [0, 0.05) is 29.2 Å². The average Bonchev–Trinajstić information content (AvgIpc) is 3.15. The predicted molar refractivity (Wildman–Crippen MR) is 147 cm³/mol. The molecule has 2 aromatic rings. The zero-order valence-corrected chi connectivity index (χ0v) is 24.1. The fourth-order valence-electron chi connectivity index (χ4n) is 3.92. The number of piperidine rings is 1. The van der Waals surface area contributed by atoms with Crippen molar-refractivity contribution in [3.63, 3.8) is 0 Å². The van der Waals surface area contributed by atoms with Crippen molar-refractivity contribution in [1.82, 2.24) is 9.47 Å². The van der Waals surface area contributed by atoms with Gasteiger partial charge in [0.1, 0.15) is 16.3 Å². The molecule has 1 saturated heterocycles. The molecule has 192 valence electrons. The third kappa shape index (κ3) is 7.30. The number of likely N-dealkylation sites (tertiary alicyclic amines) is 1. The molecule has 35 heavy (non-hydrogen) atoms. The van der Waals surface area contributed by atoms with Crippen molar-refractivity contribution in [2.75, 3.05) is 13.7 Å². The SMILES string of the molecule is COc1ccc(Cl)cc1C(=S)/N=c1\sc(C(C)(C)C)cn1CC1CCCCN1C(=O)OC(C)(C)C. The number of hydrogen-bond acceptors (Lipinski definition) is 5. The summed E-state index contributed by atoms with van der Waals surface area (Å²) >= 11 is 13.6. The van der Waals surface area contributed by atoms with E-state index in [0.29, 0.717) is 34.4 Å². The molecule has 0 saturated carbocycles. The summed E-state index contributed by atoms with van der Waals surface area (Å²) in [6, 6.07) is 5.36.